The molecule has 0 radical (unpaired) electrons. The number of benzene rings is 1. The zero-order chi connectivity index (χ0) is 16.7. The predicted octanol–water partition coefficient (Wildman–Crippen LogP) is 0.682. The van der Waals surface area contributed by atoms with Gasteiger partial charge in [0.05, 0.1) is 11.1 Å². The molecule has 1 heterocycles. The summed E-state index contributed by atoms with van der Waals surface area (Å²) in [4.78, 5) is 26.4. The van der Waals surface area contributed by atoms with Gasteiger partial charge in [-0.05, 0) is 24.7 Å². The second kappa shape index (κ2) is 8.35. The Labute approximate surface area is 134 Å². The normalized spacial score (nSPS) is 16.6. The number of carbonyl (C=O) groups excluding carboxylic acids is 1. The largest absolute Gasteiger partial charge is 0.304 e. The Balaban J connectivity index is 1.70. The fourth-order valence-corrected chi connectivity index (χ4v) is 2.25. The van der Waals surface area contributed by atoms with Crippen LogP contribution in [0, 0.1) is 10.1 Å². The molecule has 2 rings (SSSR count). The fourth-order valence-electron chi connectivity index (χ4n) is 2.25. The van der Waals surface area contributed by atoms with E-state index in [4.69, 9.17) is 0 Å². The monoisotopic (exact) mass is 319 g/mol. The van der Waals surface area contributed by atoms with E-state index in [-0.39, 0.29) is 11.6 Å². The lowest BCUT2D eigenvalue weighted by Gasteiger charge is -2.32. The Bertz CT molecular complexity index is 565. The van der Waals surface area contributed by atoms with Gasteiger partial charge in [0.15, 0.2) is 0 Å². The lowest BCUT2D eigenvalue weighted by Crippen LogP contribution is -2.45. The number of nitrogens with one attached hydrogen (secondary N) is 1. The van der Waals surface area contributed by atoms with Crippen LogP contribution >= 0.6 is 0 Å². The van der Waals surface area contributed by atoms with E-state index in [2.05, 4.69) is 27.4 Å². The second-order valence-electron chi connectivity index (χ2n) is 5.54. The number of non-ortho nitro benzene ring substituents is 1. The number of hydrogen-bond donors (Lipinski definition) is 1. The summed E-state index contributed by atoms with van der Waals surface area (Å²) in [7, 11) is 2.09. The highest BCUT2D eigenvalue weighted by Gasteiger charge is 2.14. The summed E-state index contributed by atoms with van der Waals surface area (Å²) in [6.07, 6.45) is 1.87. The van der Waals surface area contributed by atoms with Crippen molar-refractivity contribution in [1.29, 1.82) is 0 Å². The molecule has 0 saturated carbocycles. The first-order valence-corrected chi connectivity index (χ1v) is 7.52. The molecule has 8 heteroatoms. The molecule has 1 amide bonds. The van der Waals surface area contributed by atoms with E-state index < -0.39 is 4.92 Å². The Morgan fingerprint density at radius 3 is 2.57 bits per heavy atom. The third kappa shape index (κ3) is 5.76. The summed E-state index contributed by atoms with van der Waals surface area (Å²) >= 11 is 0. The summed E-state index contributed by atoms with van der Waals surface area (Å²) in [6, 6.07) is 5.96. The molecular formula is C15H21N5O3. The Morgan fingerprint density at radius 1 is 1.30 bits per heavy atom. The van der Waals surface area contributed by atoms with Crippen LogP contribution < -0.4 is 5.43 Å². The maximum absolute atomic E-state index is 11.7. The average Bonchev–Trinajstić information content (AvgIpc) is 2.55. The number of rotatable bonds is 6. The van der Waals surface area contributed by atoms with Crippen LogP contribution in [0.25, 0.3) is 0 Å². The maximum Gasteiger partial charge on any atom is 0.269 e. The van der Waals surface area contributed by atoms with Gasteiger partial charge in [-0.25, -0.2) is 5.43 Å². The van der Waals surface area contributed by atoms with E-state index in [0.29, 0.717) is 12.0 Å². The van der Waals surface area contributed by atoms with E-state index in [1.165, 1.54) is 18.3 Å². The van der Waals surface area contributed by atoms with Gasteiger partial charge < -0.3 is 9.80 Å². The Kier molecular flexibility index (Phi) is 6.19. The van der Waals surface area contributed by atoms with E-state index in [1.54, 1.807) is 12.1 Å². The van der Waals surface area contributed by atoms with Gasteiger partial charge in [0.1, 0.15) is 0 Å². The first kappa shape index (κ1) is 17.0. The molecule has 1 aromatic rings. The first-order chi connectivity index (χ1) is 11.0. The molecule has 1 N–H and O–H groups in total. The van der Waals surface area contributed by atoms with Crippen LogP contribution in [-0.2, 0) is 4.79 Å². The average molecular weight is 319 g/mol. The van der Waals surface area contributed by atoms with E-state index in [9.17, 15) is 14.9 Å². The van der Waals surface area contributed by atoms with Gasteiger partial charge >= 0.3 is 0 Å². The number of nitrogens with zero attached hydrogens (tertiary/aromatic N) is 4. The number of piperazine rings is 1. The van der Waals surface area contributed by atoms with Crippen LogP contribution in [0.4, 0.5) is 5.69 Å². The minimum Gasteiger partial charge on any atom is -0.304 e. The highest BCUT2D eigenvalue weighted by atomic mass is 16.6. The summed E-state index contributed by atoms with van der Waals surface area (Å²) < 4.78 is 0. The number of amides is 1. The van der Waals surface area contributed by atoms with E-state index >= 15 is 0 Å². The van der Waals surface area contributed by atoms with Crippen LogP contribution in [0.3, 0.4) is 0 Å². The third-order valence-corrected chi connectivity index (χ3v) is 3.76. The molecule has 1 aromatic carbocycles. The molecule has 0 bridgehead atoms. The molecular weight excluding hydrogens is 298 g/mol. The smallest absolute Gasteiger partial charge is 0.269 e. The number of nitro benzene ring substituents is 1. The number of hydrazone groups is 1. The van der Waals surface area contributed by atoms with Crippen LogP contribution in [-0.4, -0.2) is 66.6 Å². The van der Waals surface area contributed by atoms with Crippen LogP contribution in [0.1, 0.15) is 12.0 Å². The molecule has 0 unspecified atom stereocenters. The van der Waals surface area contributed by atoms with E-state index in [0.717, 1.165) is 32.7 Å². The first-order valence-electron chi connectivity index (χ1n) is 7.52. The topological polar surface area (TPSA) is 91.1 Å². The lowest BCUT2D eigenvalue weighted by molar-refractivity contribution is -0.384. The van der Waals surface area contributed by atoms with Crippen molar-refractivity contribution in [1.82, 2.24) is 15.2 Å². The van der Waals surface area contributed by atoms with Gasteiger partial charge in [0.25, 0.3) is 5.69 Å². The molecule has 124 valence electrons. The van der Waals surface area contributed by atoms with E-state index in [1.807, 2.05) is 0 Å². The number of hydrogen-bond acceptors (Lipinski definition) is 6. The molecule has 1 saturated heterocycles. The SMILES string of the molecule is CN1CCN(CCC(=O)NN=Cc2ccc([N+](=O)[O-])cc2)CC1. The zero-order valence-electron chi connectivity index (χ0n) is 13.1. The molecule has 23 heavy (non-hydrogen) atoms. The maximum atomic E-state index is 11.7. The third-order valence-electron chi connectivity index (χ3n) is 3.76. The minimum absolute atomic E-state index is 0.0263. The van der Waals surface area contributed by atoms with Crippen molar-refractivity contribution in [2.75, 3.05) is 39.8 Å². The van der Waals surface area contributed by atoms with Crippen molar-refractivity contribution >= 4 is 17.8 Å². The molecule has 1 fully saturated rings. The quantitative estimate of drug-likeness (QED) is 0.473. The molecule has 0 spiro atoms. The zero-order valence-corrected chi connectivity index (χ0v) is 13.1. The van der Waals surface area contributed by atoms with Gasteiger partial charge in [-0.15, -0.1) is 0 Å². The van der Waals surface area contributed by atoms with Crippen molar-refractivity contribution in [3.05, 3.63) is 39.9 Å². The minimum atomic E-state index is -0.457. The number of likely N-dealkylation sites (N-methyl/N-ethyl adjacent to an activating group) is 1. The summed E-state index contributed by atoms with van der Waals surface area (Å²) in [5.41, 5.74) is 3.19. The van der Waals surface area contributed by atoms with Crippen molar-refractivity contribution in [3.8, 4) is 0 Å². The highest BCUT2D eigenvalue weighted by molar-refractivity contribution is 5.82. The van der Waals surface area contributed by atoms with Gasteiger partial charge in [-0.2, -0.15) is 5.10 Å². The van der Waals surface area contributed by atoms with Crippen molar-refractivity contribution < 1.29 is 9.72 Å². The molecule has 1 aliphatic rings. The summed E-state index contributed by atoms with van der Waals surface area (Å²) in [6.45, 7) is 4.75. The molecule has 0 atom stereocenters. The van der Waals surface area contributed by atoms with Gasteiger partial charge in [0, 0.05) is 51.3 Å². The van der Waals surface area contributed by atoms with Crippen LogP contribution in [0.15, 0.2) is 29.4 Å². The Morgan fingerprint density at radius 2 is 1.96 bits per heavy atom. The molecule has 8 nitrogen and oxygen atoms in total. The lowest BCUT2D eigenvalue weighted by atomic mass is 10.2. The molecule has 0 aliphatic carbocycles. The van der Waals surface area contributed by atoms with Gasteiger partial charge in [-0.3, -0.25) is 14.9 Å². The summed E-state index contributed by atoms with van der Waals surface area (Å²) in [5.74, 6) is -0.137. The molecule has 0 aromatic heterocycles. The van der Waals surface area contributed by atoms with Gasteiger partial charge in [0.2, 0.25) is 5.91 Å². The number of nitro groups is 1. The van der Waals surface area contributed by atoms with Crippen molar-refractivity contribution in [2.24, 2.45) is 5.10 Å². The van der Waals surface area contributed by atoms with Crippen molar-refractivity contribution in [3.63, 3.8) is 0 Å². The number of carbonyl (C=O) groups is 1. The molecule has 1 aliphatic heterocycles. The second-order valence-corrected chi connectivity index (χ2v) is 5.54. The van der Waals surface area contributed by atoms with Crippen molar-refractivity contribution in [2.45, 2.75) is 6.42 Å². The Hall–Kier alpha value is -2.32. The highest BCUT2D eigenvalue weighted by Crippen LogP contribution is 2.10. The van der Waals surface area contributed by atoms with Crippen LogP contribution in [0.2, 0.25) is 0 Å². The summed E-state index contributed by atoms with van der Waals surface area (Å²) in [5, 5.41) is 14.4. The van der Waals surface area contributed by atoms with Gasteiger partial charge in [-0.1, -0.05) is 0 Å². The standard InChI is InChI=1S/C15H21N5O3/c1-18-8-10-19(11-9-18)7-6-15(21)17-16-12-13-2-4-14(5-3-13)20(22)23/h2-5,12H,6-11H2,1H3,(H,17,21). The van der Waals surface area contributed by atoms with Crippen LogP contribution in [0.5, 0.6) is 0 Å². The predicted molar refractivity (Wildman–Crippen MR) is 87.4 cm³/mol. The fraction of sp³-hybridized carbons (Fsp3) is 0.467.